The van der Waals surface area contributed by atoms with E-state index in [9.17, 15) is 4.79 Å². The molecule has 1 aliphatic heterocycles. The molecule has 3 rings (SSSR count). The highest BCUT2D eigenvalue weighted by molar-refractivity contribution is 6.28. The third kappa shape index (κ3) is 2.16. The molecule has 19 heavy (non-hydrogen) atoms. The van der Waals surface area contributed by atoms with Crippen molar-refractivity contribution < 1.29 is 4.79 Å². The summed E-state index contributed by atoms with van der Waals surface area (Å²) >= 11 is 5.92. The number of fused-ring (bicyclic) bond motifs is 1. The molecule has 1 aliphatic carbocycles. The topological polar surface area (TPSA) is 49.3 Å². The Bertz CT molecular complexity index is 517. The number of aromatic nitrogens is 2. The largest absolute Gasteiger partial charge is 0.342 e. The third-order valence-corrected chi connectivity index (χ3v) is 4.07. The van der Waals surface area contributed by atoms with Gasteiger partial charge >= 0.3 is 0 Å². The smallest absolute Gasteiger partial charge is 0.249 e. The third-order valence-electron chi connectivity index (χ3n) is 3.88. The molecular formula is C13H17ClN4O. The summed E-state index contributed by atoms with van der Waals surface area (Å²) in [6.07, 6.45) is 4.89. The lowest BCUT2D eigenvalue weighted by atomic mass is 10.1. The highest BCUT2D eigenvalue weighted by Crippen LogP contribution is 2.38. The van der Waals surface area contributed by atoms with Crippen molar-refractivity contribution >= 4 is 29.0 Å². The number of nitrogens with zero attached hydrogens (tertiary/aromatic N) is 4. The van der Waals surface area contributed by atoms with Crippen molar-refractivity contribution in [3.05, 3.63) is 11.5 Å². The molecule has 1 aromatic heterocycles. The SMILES string of the molecule is CC[C@@H]1C(=O)N(C)c2cnc(Cl)nc2N1CC1CC1. The predicted octanol–water partition coefficient (Wildman–Crippen LogP) is 2.10. The molecule has 0 radical (unpaired) electrons. The number of rotatable bonds is 3. The maximum Gasteiger partial charge on any atom is 0.249 e. The van der Waals surface area contributed by atoms with Crippen molar-refractivity contribution in [1.82, 2.24) is 9.97 Å². The van der Waals surface area contributed by atoms with Crippen LogP contribution >= 0.6 is 11.6 Å². The lowest BCUT2D eigenvalue weighted by Crippen LogP contribution is -2.53. The van der Waals surface area contributed by atoms with Crippen LogP contribution in [0, 0.1) is 5.92 Å². The average molecular weight is 281 g/mol. The van der Waals surface area contributed by atoms with Crippen molar-refractivity contribution in [3.8, 4) is 0 Å². The van der Waals surface area contributed by atoms with Gasteiger partial charge in [-0.15, -0.1) is 0 Å². The van der Waals surface area contributed by atoms with Crippen molar-refractivity contribution in [2.45, 2.75) is 32.2 Å². The Morgan fingerprint density at radius 3 is 2.84 bits per heavy atom. The van der Waals surface area contributed by atoms with Crippen LogP contribution < -0.4 is 9.80 Å². The Balaban J connectivity index is 2.05. The van der Waals surface area contributed by atoms with E-state index in [1.165, 1.54) is 12.8 Å². The fourth-order valence-corrected chi connectivity index (χ4v) is 2.73. The molecule has 0 unspecified atom stereocenters. The molecule has 6 heteroatoms. The van der Waals surface area contributed by atoms with Crippen LogP contribution in [0.5, 0.6) is 0 Å². The van der Waals surface area contributed by atoms with Gasteiger partial charge in [-0.2, -0.15) is 4.98 Å². The minimum atomic E-state index is -0.135. The van der Waals surface area contributed by atoms with Crippen LogP contribution in [0.15, 0.2) is 6.20 Å². The Morgan fingerprint density at radius 2 is 2.21 bits per heavy atom. The van der Waals surface area contributed by atoms with Gasteiger partial charge in [0.1, 0.15) is 11.7 Å². The van der Waals surface area contributed by atoms with Crippen LogP contribution in [0.1, 0.15) is 26.2 Å². The second-order valence-corrected chi connectivity index (χ2v) is 5.60. The molecule has 0 aromatic carbocycles. The van der Waals surface area contributed by atoms with E-state index in [4.69, 9.17) is 11.6 Å². The van der Waals surface area contributed by atoms with E-state index < -0.39 is 0 Å². The van der Waals surface area contributed by atoms with Gasteiger partial charge < -0.3 is 9.80 Å². The van der Waals surface area contributed by atoms with Crippen LogP contribution in [0.3, 0.4) is 0 Å². The van der Waals surface area contributed by atoms with Crippen LogP contribution in [-0.2, 0) is 4.79 Å². The molecule has 2 heterocycles. The van der Waals surface area contributed by atoms with Crippen LogP contribution in [0.25, 0.3) is 0 Å². The van der Waals surface area contributed by atoms with Gasteiger partial charge in [0.05, 0.1) is 6.20 Å². The molecule has 1 aromatic rings. The molecule has 1 amide bonds. The van der Waals surface area contributed by atoms with E-state index >= 15 is 0 Å². The van der Waals surface area contributed by atoms with E-state index in [0.717, 1.165) is 24.5 Å². The Labute approximate surface area is 117 Å². The van der Waals surface area contributed by atoms with Gasteiger partial charge in [-0.1, -0.05) is 6.92 Å². The first-order valence-corrected chi connectivity index (χ1v) is 7.06. The van der Waals surface area contributed by atoms with Gasteiger partial charge in [-0.3, -0.25) is 4.79 Å². The van der Waals surface area contributed by atoms with E-state index in [1.54, 1.807) is 18.1 Å². The van der Waals surface area contributed by atoms with E-state index in [0.29, 0.717) is 5.92 Å². The van der Waals surface area contributed by atoms with Gasteiger partial charge in [0.25, 0.3) is 0 Å². The first-order valence-electron chi connectivity index (χ1n) is 6.68. The van der Waals surface area contributed by atoms with E-state index in [2.05, 4.69) is 14.9 Å². The first-order chi connectivity index (χ1) is 9.11. The maximum absolute atomic E-state index is 12.4. The van der Waals surface area contributed by atoms with Crippen molar-refractivity contribution in [2.24, 2.45) is 5.92 Å². The summed E-state index contributed by atoms with van der Waals surface area (Å²) in [7, 11) is 1.77. The molecule has 1 fully saturated rings. The molecule has 0 spiro atoms. The summed E-state index contributed by atoms with van der Waals surface area (Å²) in [6, 6.07) is -0.135. The minimum Gasteiger partial charge on any atom is -0.342 e. The fourth-order valence-electron chi connectivity index (χ4n) is 2.60. The fraction of sp³-hybridized carbons (Fsp3) is 0.615. The second-order valence-electron chi connectivity index (χ2n) is 5.26. The number of hydrogen-bond donors (Lipinski definition) is 0. The Morgan fingerprint density at radius 1 is 1.47 bits per heavy atom. The van der Waals surface area contributed by atoms with E-state index in [-0.39, 0.29) is 17.2 Å². The molecule has 2 aliphatic rings. The summed E-state index contributed by atoms with van der Waals surface area (Å²) in [5.74, 6) is 1.59. The summed E-state index contributed by atoms with van der Waals surface area (Å²) in [5.41, 5.74) is 0.750. The van der Waals surface area contributed by atoms with Crippen molar-refractivity contribution in [2.75, 3.05) is 23.4 Å². The zero-order valence-corrected chi connectivity index (χ0v) is 11.9. The molecule has 5 nitrogen and oxygen atoms in total. The highest BCUT2D eigenvalue weighted by atomic mass is 35.5. The van der Waals surface area contributed by atoms with Gasteiger partial charge in [0, 0.05) is 13.6 Å². The van der Waals surface area contributed by atoms with Gasteiger partial charge in [-0.05, 0) is 36.8 Å². The quantitative estimate of drug-likeness (QED) is 0.796. The molecule has 1 atom stereocenters. The Kier molecular flexibility index (Phi) is 3.09. The molecule has 102 valence electrons. The highest BCUT2D eigenvalue weighted by Gasteiger charge is 2.39. The minimum absolute atomic E-state index is 0.113. The molecule has 0 bridgehead atoms. The van der Waals surface area contributed by atoms with Gasteiger partial charge in [0.15, 0.2) is 5.82 Å². The maximum atomic E-state index is 12.4. The standard InChI is InChI=1S/C13H17ClN4O/c1-3-9-12(19)17(2)10-6-15-13(14)16-11(10)18(9)7-8-4-5-8/h6,8-9H,3-5,7H2,1-2H3/t9-/m1/s1. The molecule has 0 N–H and O–H groups in total. The van der Waals surface area contributed by atoms with Crippen LogP contribution in [-0.4, -0.2) is 35.5 Å². The number of hydrogen-bond acceptors (Lipinski definition) is 4. The lowest BCUT2D eigenvalue weighted by molar-refractivity contribution is -0.120. The predicted molar refractivity (Wildman–Crippen MR) is 74.6 cm³/mol. The zero-order valence-electron chi connectivity index (χ0n) is 11.1. The van der Waals surface area contributed by atoms with Crippen molar-refractivity contribution in [1.29, 1.82) is 0 Å². The molecule has 1 saturated carbocycles. The monoisotopic (exact) mass is 280 g/mol. The summed E-state index contributed by atoms with van der Waals surface area (Å²) in [4.78, 5) is 24.5. The second kappa shape index (κ2) is 4.63. The van der Waals surface area contributed by atoms with Crippen LogP contribution in [0.4, 0.5) is 11.5 Å². The average Bonchev–Trinajstić information content (AvgIpc) is 3.20. The van der Waals surface area contributed by atoms with E-state index in [1.807, 2.05) is 6.92 Å². The number of anilines is 2. The zero-order chi connectivity index (χ0) is 13.6. The Hall–Kier alpha value is -1.36. The number of amides is 1. The molecule has 0 saturated heterocycles. The summed E-state index contributed by atoms with van der Waals surface area (Å²) < 4.78 is 0. The molecular weight excluding hydrogens is 264 g/mol. The number of carbonyl (C=O) groups is 1. The lowest BCUT2D eigenvalue weighted by Gasteiger charge is -2.40. The van der Waals surface area contributed by atoms with Crippen molar-refractivity contribution in [3.63, 3.8) is 0 Å². The number of halogens is 1. The summed E-state index contributed by atoms with van der Waals surface area (Å²) in [6.45, 7) is 2.92. The number of likely N-dealkylation sites (N-methyl/N-ethyl adjacent to an activating group) is 1. The summed E-state index contributed by atoms with van der Waals surface area (Å²) in [5, 5.41) is 0.233. The van der Waals surface area contributed by atoms with Gasteiger partial charge in [-0.25, -0.2) is 4.98 Å². The van der Waals surface area contributed by atoms with Gasteiger partial charge in [0.2, 0.25) is 11.2 Å². The van der Waals surface area contributed by atoms with Crippen LogP contribution in [0.2, 0.25) is 5.28 Å². The normalized spacial score (nSPS) is 22.7. The number of carbonyl (C=O) groups excluding carboxylic acids is 1. The first kappa shape index (κ1) is 12.7.